The molecule has 2 N–H and O–H groups in total. The van der Waals surface area contributed by atoms with Gasteiger partial charge in [0.2, 0.25) is 0 Å². The number of unbranched alkanes of at least 4 members (excludes halogenated alkanes) is 3. The second-order valence-corrected chi connectivity index (χ2v) is 6.75. The smallest absolute Gasteiger partial charge is 0.0226 e. The van der Waals surface area contributed by atoms with E-state index < -0.39 is 0 Å². The standard InChI is InChI=1S/C19H39N/c1-5-7-9-14-18(4)16-19(20)15-11-8-10-13-17(3)12-6-2/h11,15,17-19H,5-10,12-14,16,20H2,1-4H3/b15-11-. The van der Waals surface area contributed by atoms with Crippen LogP contribution < -0.4 is 5.73 Å². The fourth-order valence-electron chi connectivity index (χ4n) is 2.90. The van der Waals surface area contributed by atoms with E-state index in [2.05, 4.69) is 39.8 Å². The number of hydrogen-bond donors (Lipinski definition) is 1. The Labute approximate surface area is 128 Å². The van der Waals surface area contributed by atoms with Crippen LogP contribution in [0.3, 0.4) is 0 Å². The molecule has 0 aromatic heterocycles. The lowest BCUT2D eigenvalue weighted by Gasteiger charge is -2.14. The molecule has 0 fully saturated rings. The summed E-state index contributed by atoms with van der Waals surface area (Å²) < 4.78 is 0. The Bertz CT molecular complexity index is 222. The van der Waals surface area contributed by atoms with Gasteiger partial charge in [-0.1, -0.05) is 84.8 Å². The Morgan fingerprint density at radius 1 is 0.850 bits per heavy atom. The fourth-order valence-corrected chi connectivity index (χ4v) is 2.90. The van der Waals surface area contributed by atoms with Crippen LogP contribution in [0.1, 0.15) is 91.9 Å². The van der Waals surface area contributed by atoms with Crippen LogP contribution >= 0.6 is 0 Å². The van der Waals surface area contributed by atoms with Gasteiger partial charge >= 0.3 is 0 Å². The Morgan fingerprint density at radius 2 is 1.55 bits per heavy atom. The van der Waals surface area contributed by atoms with Crippen LogP contribution in [0.2, 0.25) is 0 Å². The van der Waals surface area contributed by atoms with Crippen LogP contribution in [-0.2, 0) is 0 Å². The van der Waals surface area contributed by atoms with E-state index in [-0.39, 0.29) is 6.04 Å². The summed E-state index contributed by atoms with van der Waals surface area (Å²) in [5, 5.41) is 0. The quantitative estimate of drug-likeness (QED) is 0.321. The largest absolute Gasteiger partial charge is 0.324 e. The van der Waals surface area contributed by atoms with Crippen molar-refractivity contribution >= 4 is 0 Å². The first kappa shape index (κ1) is 19.7. The maximum absolute atomic E-state index is 6.18. The first-order valence-corrected chi connectivity index (χ1v) is 9.02. The summed E-state index contributed by atoms with van der Waals surface area (Å²) in [6.07, 6.45) is 17.6. The van der Waals surface area contributed by atoms with Gasteiger partial charge in [-0.15, -0.1) is 0 Å². The third kappa shape index (κ3) is 12.7. The normalized spacial score (nSPS) is 16.4. The highest BCUT2D eigenvalue weighted by Gasteiger charge is 2.06. The Morgan fingerprint density at radius 3 is 2.20 bits per heavy atom. The lowest BCUT2D eigenvalue weighted by Crippen LogP contribution is -2.20. The number of rotatable bonds is 13. The molecule has 0 saturated heterocycles. The second kappa shape index (κ2) is 13.7. The minimum atomic E-state index is 0.264. The summed E-state index contributed by atoms with van der Waals surface area (Å²) in [4.78, 5) is 0. The van der Waals surface area contributed by atoms with Crippen molar-refractivity contribution in [1.29, 1.82) is 0 Å². The van der Waals surface area contributed by atoms with Crippen molar-refractivity contribution in [2.24, 2.45) is 17.6 Å². The monoisotopic (exact) mass is 281 g/mol. The molecule has 0 radical (unpaired) electrons. The third-order valence-electron chi connectivity index (χ3n) is 4.21. The average molecular weight is 282 g/mol. The molecule has 0 spiro atoms. The molecular weight excluding hydrogens is 242 g/mol. The average Bonchev–Trinajstić information content (AvgIpc) is 2.39. The molecule has 0 aromatic rings. The molecule has 20 heavy (non-hydrogen) atoms. The molecule has 3 unspecified atom stereocenters. The van der Waals surface area contributed by atoms with Crippen LogP contribution in [0.5, 0.6) is 0 Å². The van der Waals surface area contributed by atoms with Crippen LogP contribution in [0.15, 0.2) is 12.2 Å². The van der Waals surface area contributed by atoms with E-state index in [1.54, 1.807) is 0 Å². The highest BCUT2D eigenvalue weighted by molar-refractivity contribution is 4.91. The summed E-state index contributed by atoms with van der Waals surface area (Å²) in [7, 11) is 0. The minimum absolute atomic E-state index is 0.264. The molecule has 0 bridgehead atoms. The number of hydrogen-bond acceptors (Lipinski definition) is 1. The van der Waals surface area contributed by atoms with Gasteiger partial charge in [-0.3, -0.25) is 0 Å². The van der Waals surface area contributed by atoms with Gasteiger partial charge < -0.3 is 5.73 Å². The van der Waals surface area contributed by atoms with Gasteiger partial charge in [0.05, 0.1) is 0 Å². The molecule has 1 nitrogen and oxygen atoms in total. The molecule has 0 rings (SSSR count). The highest BCUT2D eigenvalue weighted by atomic mass is 14.6. The first-order chi connectivity index (χ1) is 9.60. The van der Waals surface area contributed by atoms with E-state index in [1.807, 2.05) is 0 Å². The van der Waals surface area contributed by atoms with Crippen molar-refractivity contribution < 1.29 is 0 Å². The zero-order valence-electron chi connectivity index (χ0n) is 14.5. The molecular formula is C19H39N. The molecule has 0 aliphatic rings. The minimum Gasteiger partial charge on any atom is -0.324 e. The molecule has 120 valence electrons. The van der Waals surface area contributed by atoms with Crippen molar-refractivity contribution in [3.05, 3.63) is 12.2 Å². The van der Waals surface area contributed by atoms with Gasteiger partial charge in [0.1, 0.15) is 0 Å². The van der Waals surface area contributed by atoms with Gasteiger partial charge in [0, 0.05) is 6.04 Å². The molecule has 0 aliphatic carbocycles. The molecule has 1 heteroatoms. The van der Waals surface area contributed by atoms with Crippen LogP contribution in [0.4, 0.5) is 0 Å². The van der Waals surface area contributed by atoms with Crippen LogP contribution in [0, 0.1) is 11.8 Å². The molecule has 0 aliphatic heterocycles. The van der Waals surface area contributed by atoms with E-state index >= 15 is 0 Å². The molecule has 0 saturated carbocycles. The Hall–Kier alpha value is -0.300. The fraction of sp³-hybridized carbons (Fsp3) is 0.895. The number of allylic oxidation sites excluding steroid dienone is 1. The van der Waals surface area contributed by atoms with Crippen molar-refractivity contribution in [1.82, 2.24) is 0 Å². The molecule has 0 aromatic carbocycles. The van der Waals surface area contributed by atoms with E-state index in [9.17, 15) is 0 Å². The first-order valence-electron chi connectivity index (χ1n) is 9.02. The van der Waals surface area contributed by atoms with E-state index in [0.29, 0.717) is 0 Å². The predicted molar refractivity (Wildman–Crippen MR) is 93.0 cm³/mol. The molecule has 3 atom stereocenters. The molecule has 0 amide bonds. The highest BCUT2D eigenvalue weighted by Crippen LogP contribution is 2.16. The summed E-state index contributed by atoms with van der Waals surface area (Å²) in [6.45, 7) is 9.25. The van der Waals surface area contributed by atoms with Crippen LogP contribution in [0.25, 0.3) is 0 Å². The maximum Gasteiger partial charge on any atom is 0.0226 e. The third-order valence-corrected chi connectivity index (χ3v) is 4.21. The Kier molecular flexibility index (Phi) is 13.5. The topological polar surface area (TPSA) is 26.0 Å². The van der Waals surface area contributed by atoms with Crippen molar-refractivity contribution in [2.45, 2.75) is 97.9 Å². The van der Waals surface area contributed by atoms with E-state index in [4.69, 9.17) is 5.73 Å². The second-order valence-electron chi connectivity index (χ2n) is 6.75. The van der Waals surface area contributed by atoms with Crippen molar-refractivity contribution in [3.8, 4) is 0 Å². The van der Waals surface area contributed by atoms with Gasteiger partial charge in [0.15, 0.2) is 0 Å². The zero-order chi connectivity index (χ0) is 15.2. The van der Waals surface area contributed by atoms with Crippen molar-refractivity contribution in [3.63, 3.8) is 0 Å². The predicted octanol–water partition coefficient (Wildman–Crippen LogP) is 6.08. The van der Waals surface area contributed by atoms with Gasteiger partial charge in [-0.2, -0.15) is 0 Å². The summed E-state index contributed by atoms with van der Waals surface area (Å²) >= 11 is 0. The number of nitrogens with two attached hydrogens (primary N) is 1. The van der Waals surface area contributed by atoms with Gasteiger partial charge in [0.25, 0.3) is 0 Å². The summed E-state index contributed by atoms with van der Waals surface area (Å²) in [5.74, 6) is 1.66. The molecule has 0 heterocycles. The SMILES string of the molecule is CCCCCC(C)CC(N)/C=C\CCCC(C)CCC. The lowest BCUT2D eigenvalue weighted by molar-refractivity contribution is 0.444. The van der Waals surface area contributed by atoms with Gasteiger partial charge in [-0.05, 0) is 31.1 Å². The van der Waals surface area contributed by atoms with Crippen molar-refractivity contribution in [2.75, 3.05) is 0 Å². The summed E-state index contributed by atoms with van der Waals surface area (Å²) in [6, 6.07) is 0.264. The maximum atomic E-state index is 6.18. The zero-order valence-corrected chi connectivity index (χ0v) is 14.5. The lowest BCUT2D eigenvalue weighted by atomic mass is 9.95. The van der Waals surface area contributed by atoms with Crippen LogP contribution in [-0.4, -0.2) is 6.04 Å². The van der Waals surface area contributed by atoms with E-state index in [0.717, 1.165) is 18.3 Å². The summed E-state index contributed by atoms with van der Waals surface area (Å²) in [5.41, 5.74) is 6.18. The van der Waals surface area contributed by atoms with Gasteiger partial charge in [-0.25, -0.2) is 0 Å². The van der Waals surface area contributed by atoms with E-state index in [1.165, 1.54) is 57.8 Å². The Balaban J connectivity index is 3.58.